The van der Waals surface area contributed by atoms with Crippen molar-refractivity contribution in [2.45, 2.75) is 38.4 Å². The number of nitrogens with zero attached hydrogens (tertiary/aromatic N) is 2. The van der Waals surface area contributed by atoms with Crippen molar-refractivity contribution in [2.24, 2.45) is 0 Å². The number of carbonyl (C=O) groups is 2. The number of hydrogen-bond donors (Lipinski definition) is 0. The van der Waals surface area contributed by atoms with Gasteiger partial charge in [-0.15, -0.1) is 0 Å². The van der Waals surface area contributed by atoms with Crippen LogP contribution in [0.4, 0.5) is 13.2 Å². The number of alkyl halides is 3. The Balaban J connectivity index is 1.83. The minimum Gasteiger partial charge on any atom is -0.468 e. The number of ether oxygens (including phenoxy) is 2. The molecular formula is C16H19F3N2O4. The van der Waals surface area contributed by atoms with Crippen LogP contribution in [0.25, 0.3) is 0 Å². The molecule has 0 aliphatic carbocycles. The number of hydrogen-bond acceptors (Lipinski definition) is 5. The molecule has 1 atom stereocenters. The maximum atomic E-state index is 12.1. The molecule has 0 saturated carbocycles. The smallest absolute Gasteiger partial charge is 0.422 e. The summed E-state index contributed by atoms with van der Waals surface area (Å²) in [6, 6.07) is 2.48. The van der Waals surface area contributed by atoms with E-state index in [0.717, 1.165) is 31.5 Å². The highest BCUT2D eigenvalue weighted by Gasteiger charge is 2.28. The Hall–Kier alpha value is -2.32. The number of piperidine rings is 1. The van der Waals surface area contributed by atoms with E-state index in [9.17, 15) is 22.8 Å². The Kier molecular flexibility index (Phi) is 6.22. The molecule has 0 spiro atoms. The number of carbonyl (C=O) groups excluding carboxylic acids is 2. The first-order valence-electron chi connectivity index (χ1n) is 7.88. The van der Waals surface area contributed by atoms with E-state index < -0.39 is 18.8 Å². The number of amides is 1. The molecule has 1 aromatic rings. The third-order valence-electron chi connectivity index (χ3n) is 3.81. The van der Waals surface area contributed by atoms with Gasteiger partial charge in [0.25, 0.3) is 5.91 Å². The maximum Gasteiger partial charge on any atom is 0.422 e. The van der Waals surface area contributed by atoms with Crippen molar-refractivity contribution in [1.29, 1.82) is 0 Å². The van der Waals surface area contributed by atoms with Gasteiger partial charge in [-0.05, 0) is 32.3 Å². The summed E-state index contributed by atoms with van der Waals surface area (Å²) in [7, 11) is 0. The molecule has 0 aromatic carbocycles. The fourth-order valence-corrected chi connectivity index (χ4v) is 2.50. The predicted molar refractivity (Wildman–Crippen MR) is 81.1 cm³/mol. The summed E-state index contributed by atoms with van der Waals surface area (Å²) in [6.07, 6.45) is -0.511. The fourth-order valence-electron chi connectivity index (χ4n) is 2.50. The first kappa shape index (κ1) is 19.0. The van der Waals surface area contributed by atoms with E-state index in [1.165, 1.54) is 6.07 Å². The highest BCUT2D eigenvalue weighted by molar-refractivity contribution is 5.91. The number of halogens is 3. The molecule has 1 amide bonds. The molecule has 2 rings (SSSR count). The van der Waals surface area contributed by atoms with Gasteiger partial charge in [-0.2, -0.15) is 13.2 Å². The Morgan fingerprint density at radius 2 is 2.08 bits per heavy atom. The fraction of sp³-hybridized carbons (Fsp3) is 0.562. The van der Waals surface area contributed by atoms with Crippen LogP contribution < -0.4 is 4.74 Å². The zero-order valence-corrected chi connectivity index (χ0v) is 13.7. The monoisotopic (exact) mass is 360 g/mol. The lowest BCUT2D eigenvalue weighted by molar-refractivity contribution is -0.154. The molecule has 2 heterocycles. The van der Waals surface area contributed by atoms with Crippen molar-refractivity contribution in [1.82, 2.24) is 9.88 Å². The molecule has 6 nitrogen and oxygen atoms in total. The third kappa shape index (κ3) is 5.91. The van der Waals surface area contributed by atoms with E-state index in [2.05, 4.69) is 9.72 Å². The second-order valence-electron chi connectivity index (χ2n) is 5.80. The van der Waals surface area contributed by atoms with Crippen molar-refractivity contribution in [3.05, 3.63) is 23.9 Å². The zero-order valence-electron chi connectivity index (χ0n) is 13.7. The highest BCUT2D eigenvalue weighted by Crippen LogP contribution is 2.18. The molecule has 0 N–H and O–H groups in total. The van der Waals surface area contributed by atoms with Gasteiger partial charge in [0.15, 0.2) is 13.2 Å². The van der Waals surface area contributed by atoms with Crippen molar-refractivity contribution < 1.29 is 32.2 Å². The molecule has 1 aliphatic heterocycles. The average Bonchev–Trinajstić information content (AvgIpc) is 2.58. The molecule has 1 aliphatic rings. The van der Waals surface area contributed by atoms with E-state index in [0.29, 0.717) is 6.54 Å². The van der Waals surface area contributed by atoms with Gasteiger partial charge in [-0.1, -0.05) is 0 Å². The van der Waals surface area contributed by atoms with Gasteiger partial charge >= 0.3 is 12.1 Å². The van der Waals surface area contributed by atoms with Gasteiger partial charge < -0.3 is 14.4 Å². The molecule has 0 radical (unpaired) electrons. The second kappa shape index (κ2) is 8.17. The molecular weight excluding hydrogens is 341 g/mol. The largest absolute Gasteiger partial charge is 0.468 e. The van der Waals surface area contributed by atoms with Crippen LogP contribution in [0.5, 0.6) is 5.88 Å². The van der Waals surface area contributed by atoms with E-state index in [1.807, 2.05) is 6.92 Å². The van der Waals surface area contributed by atoms with Crippen molar-refractivity contribution in [3.63, 3.8) is 0 Å². The van der Waals surface area contributed by atoms with Crippen LogP contribution in [0, 0.1) is 0 Å². The zero-order chi connectivity index (χ0) is 18.4. The minimum atomic E-state index is -4.47. The van der Waals surface area contributed by atoms with Crippen molar-refractivity contribution in [2.75, 3.05) is 19.8 Å². The van der Waals surface area contributed by atoms with Crippen LogP contribution in [0.3, 0.4) is 0 Å². The summed E-state index contributed by atoms with van der Waals surface area (Å²) in [5.41, 5.74) is 0.0267. The predicted octanol–water partition coefficient (Wildman–Crippen LogP) is 2.58. The number of esters is 1. The topological polar surface area (TPSA) is 68.7 Å². The summed E-state index contributed by atoms with van der Waals surface area (Å²) < 4.78 is 45.5. The number of rotatable bonds is 5. The third-order valence-corrected chi connectivity index (χ3v) is 3.81. The average molecular weight is 360 g/mol. The van der Waals surface area contributed by atoms with Crippen LogP contribution in [-0.2, 0) is 9.53 Å². The first-order valence-corrected chi connectivity index (χ1v) is 7.88. The summed E-state index contributed by atoms with van der Waals surface area (Å²) in [4.78, 5) is 29.3. The van der Waals surface area contributed by atoms with Crippen molar-refractivity contribution >= 4 is 11.9 Å². The molecule has 25 heavy (non-hydrogen) atoms. The summed E-state index contributed by atoms with van der Waals surface area (Å²) in [6.45, 7) is 0.745. The van der Waals surface area contributed by atoms with Crippen molar-refractivity contribution in [3.8, 4) is 5.88 Å². The summed E-state index contributed by atoms with van der Waals surface area (Å²) in [5, 5.41) is 0. The number of aromatic nitrogens is 1. The van der Waals surface area contributed by atoms with Crippen LogP contribution in [0.15, 0.2) is 18.3 Å². The molecule has 1 unspecified atom stereocenters. The number of likely N-dealkylation sites (tertiary alicyclic amines) is 1. The second-order valence-corrected chi connectivity index (χ2v) is 5.80. The van der Waals surface area contributed by atoms with E-state index in [-0.39, 0.29) is 30.0 Å². The van der Waals surface area contributed by atoms with E-state index >= 15 is 0 Å². The Bertz CT molecular complexity index is 604. The van der Waals surface area contributed by atoms with Gasteiger partial charge in [0.1, 0.15) is 0 Å². The van der Waals surface area contributed by atoms with E-state index in [4.69, 9.17) is 4.74 Å². The van der Waals surface area contributed by atoms with Crippen LogP contribution >= 0.6 is 0 Å². The molecule has 9 heteroatoms. The van der Waals surface area contributed by atoms with Gasteiger partial charge in [0.05, 0.1) is 5.56 Å². The maximum absolute atomic E-state index is 12.1. The quantitative estimate of drug-likeness (QED) is 0.755. The lowest BCUT2D eigenvalue weighted by Gasteiger charge is -2.33. The molecule has 1 aromatic heterocycles. The van der Waals surface area contributed by atoms with Gasteiger partial charge in [-0.25, -0.2) is 9.78 Å². The Labute approximate surface area is 142 Å². The molecule has 0 bridgehead atoms. The summed E-state index contributed by atoms with van der Waals surface area (Å²) >= 11 is 0. The molecule has 1 saturated heterocycles. The number of pyridine rings is 1. The minimum absolute atomic E-state index is 0.0267. The van der Waals surface area contributed by atoms with Gasteiger partial charge in [0.2, 0.25) is 5.88 Å². The van der Waals surface area contributed by atoms with E-state index in [1.54, 1.807) is 4.90 Å². The standard InChI is InChI=1S/C16H19F3N2O4/c1-11-4-2-3-7-21(11)14(22)9-24-15(23)12-5-6-13(20-8-12)25-10-16(17,18)19/h5-6,8,11H,2-4,7,9-10H2,1H3. The van der Waals surface area contributed by atoms with Crippen LogP contribution in [0.2, 0.25) is 0 Å². The lowest BCUT2D eigenvalue weighted by Crippen LogP contribution is -2.44. The SMILES string of the molecule is CC1CCCCN1C(=O)COC(=O)c1ccc(OCC(F)(F)F)nc1. The first-order chi connectivity index (χ1) is 11.8. The van der Waals surface area contributed by atoms with Gasteiger partial charge in [-0.3, -0.25) is 4.79 Å². The normalized spacial score (nSPS) is 17.9. The van der Waals surface area contributed by atoms with Crippen LogP contribution in [0.1, 0.15) is 36.5 Å². The Morgan fingerprint density at radius 1 is 1.32 bits per heavy atom. The summed E-state index contributed by atoms with van der Waals surface area (Å²) in [5.74, 6) is -1.29. The highest BCUT2D eigenvalue weighted by atomic mass is 19.4. The molecule has 138 valence electrons. The lowest BCUT2D eigenvalue weighted by atomic mass is 10.0. The van der Waals surface area contributed by atoms with Gasteiger partial charge in [0, 0.05) is 24.8 Å². The molecule has 1 fully saturated rings. The van der Waals surface area contributed by atoms with Crippen LogP contribution in [-0.4, -0.2) is 53.7 Å². The Morgan fingerprint density at radius 3 is 2.68 bits per heavy atom.